The normalized spacial score (nSPS) is 15.3. The summed E-state index contributed by atoms with van der Waals surface area (Å²) in [6, 6.07) is 5.09. The lowest BCUT2D eigenvalue weighted by Gasteiger charge is -2.27. The average molecular weight is 250 g/mol. The Labute approximate surface area is 106 Å². The van der Waals surface area contributed by atoms with E-state index in [9.17, 15) is 10.1 Å². The molecule has 1 fully saturated rings. The van der Waals surface area contributed by atoms with Crippen LogP contribution in [0.4, 0.5) is 11.4 Å². The van der Waals surface area contributed by atoms with E-state index in [1.807, 2.05) is 0 Å². The number of nitrogens with one attached hydrogen (secondary N) is 1. The van der Waals surface area contributed by atoms with Crippen molar-refractivity contribution in [3.63, 3.8) is 0 Å². The Hall–Kier alpha value is -1.78. The highest BCUT2D eigenvalue weighted by atomic mass is 16.6. The molecule has 1 aliphatic rings. The minimum atomic E-state index is -0.399. The first kappa shape index (κ1) is 12.7. The Morgan fingerprint density at radius 2 is 2.11 bits per heavy atom. The highest BCUT2D eigenvalue weighted by Crippen LogP contribution is 2.43. The minimum Gasteiger partial charge on any atom is -0.490 e. The molecule has 0 unspecified atom stereocenters. The quantitative estimate of drug-likeness (QED) is 0.643. The Morgan fingerprint density at radius 1 is 1.44 bits per heavy atom. The lowest BCUT2D eigenvalue weighted by Crippen LogP contribution is -2.33. The molecule has 0 amide bonds. The fourth-order valence-electron chi connectivity index (χ4n) is 2.23. The summed E-state index contributed by atoms with van der Waals surface area (Å²) in [6.07, 6.45) is 2.36. The summed E-state index contributed by atoms with van der Waals surface area (Å²) in [5, 5.41) is 14.4. The maximum Gasteiger partial charge on any atom is 0.333 e. The SMILES string of the molecule is COc1cccc(NC(C)(C)C2CC2)c1[N+](=O)[O-]. The van der Waals surface area contributed by atoms with Crippen LogP contribution >= 0.6 is 0 Å². The smallest absolute Gasteiger partial charge is 0.333 e. The van der Waals surface area contributed by atoms with Gasteiger partial charge in [0.25, 0.3) is 0 Å². The highest BCUT2D eigenvalue weighted by molar-refractivity contribution is 5.69. The Kier molecular flexibility index (Phi) is 3.15. The standard InChI is InChI=1S/C13H18N2O3/c1-13(2,9-7-8-9)14-10-5-4-6-11(18-3)12(10)15(16)17/h4-6,9,14H,7-8H2,1-3H3. The minimum absolute atomic E-state index is 0.00808. The molecule has 1 saturated carbocycles. The maximum absolute atomic E-state index is 11.2. The van der Waals surface area contributed by atoms with Crippen molar-refractivity contribution in [2.24, 2.45) is 5.92 Å². The topological polar surface area (TPSA) is 64.4 Å². The molecule has 5 heteroatoms. The van der Waals surface area contributed by atoms with Gasteiger partial charge in [-0.05, 0) is 44.7 Å². The number of ether oxygens (including phenoxy) is 1. The van der Waals surface area contributed by atoms with Gasteiger partial charge in [-0.25, -0.2) is 0 Å². The molecule has 0 saturated heterocycles. The van der Waals surface area contributed by atoms with Gasteiger partial charge in [-0.1, -0.05) is 6.07 Å². The Balaban J connectivity index is 2.34. The lowest BCUT2D eigenvalue weighted by molar-refractivity contribution is -0.384. The summed E-state index contributed by atoms with van der Waals surface area (Å²) in [5.41, 5.74) is 0.405. The van der Waals surface area contributed by atoms with Gasteiger partial charge in [0.2, 0.25) is 0 Å². The van der Waals surface area contributed by atoms with E-state index in [1.165, 1.54) is 20.0 Å². The second-order valence-corrected chi connectivity index (χ2v) is 5.23. The third-order valence-corrected chi connectivity index (χ3v) is 3.46. The molecule has 98 valence electrons. The number of nitro groups is 1. The van der Waals surface area contributed by atoms with Crippen LogP contribution in [0, 0.1) is 16.0 Å². The van der Waals surface area contributed by atoms with Crippen LogP contribution < -0.4 is 10.1 Å². The molecule has 2 rings (SSSR count). The highest BCUT2D eigenvalue weighted by Gasteiger charge is 2.39. The summed E-state index contributed by atoms with van der Waals surface area (Å²) >= 11 is 0. The van der Waals surface area contributed by atoms with Crippen LogP contribution in [0.25, 0.3) is 0 Å². The van der Waals surface area contributed by atoms with E-state index in [2.05, 4.69) is 19.2 Å². The number of nitro benzene ring substituents is 1. The molecule has 1 aromatic rings. The number of anilines is 1. The number of nitrogens with zero attached hydrogens (tertiary/aromatic N) is 1. The van der Waals surface area contributed by atoms with E-state index in [4.69, 9.17) is 4.74 Å². The van der Waals surface area contributed by atoms with E-state index in [-0.39, 0.29) is 17.0 Å². The van der Waals surface area contributed by atoms with E-state index >= 15 is 0 Å². The van der Waals surface area contributed by atoms with E-state index < -0.39 is 4.92 Å². The largest absolute Gasteiger partial charge is 0.490 e. The predicted octanol–water partition coefficient (Wildman–Crippen LogP) is 3.20. The molecule has 0 aliphatic heterocycles. The molecule has 0 heterocycles. The molecule has 18 heavy (non-hydrogen) atoms. The fourth-order valence-corrected chi connectivity index (χ4v) is 2.23. The van der Waals surface area contributed by atoms with Gasteiger partial charge in [0.1, 0.15) is 5.69 Å². The van der Waals surface area contributed by atoms with E-state index in [0.29, 0.717) is 11.6 Å². The first-order chi connectivity index (χ1) is 8.45. The second-order valence-electron chi connectivity index (χ2n) is 5.23. The van der Waals surface area contributed by atoms with Gasteiger partial charge < -0.3 is 10.1 Å². The van der Waals surface area contributed by atoms with Crippen molar-refractivity contribution in [1.29, 1.82) is 0 Å². The predicted molar refractivity (Wildman–Crippen MR) is 70.1 cm³/mol. The number of benzene rings is 1. The first-order valence-electron chi connectivity index (χ1n) is 6.05. The summed E-state index contributed by atoms with van der Waals surface area (Å²) in [6.45, 7) is 4.15. The zero-order chi connectivity index (χ0) is 13.3. The molecule has 1 aliphatic carbocycles. The van der Waals surface area contributed by atoms with Crippen LogP contribution in [0.2, 0.25) is 0 Å². The summed E-state index contributed by atoms with van der Waals surface area (Å²) < 4.78 is 5.06. The first-order valence-corrected chi connectivity index (χ1v) is 6.05. The molecular weight excluding hydrogens is 232 g/mol. The van der Waals surface area contributed by atoms with Crippen LogP contribution in [0.1, 0.15) is 26.7 Å². The third-order valence-electron chi connectivity index (χ3n) is 3.46. The van der Waals surface area contributed by atoms with Gasteiger partial charge in [0.05, 0.1) is 12.0 Å². The molecular formula is C13H18N2O3. The van der Waals surface area contributed by atoms with Gasteiger partial charge in [-0.3, -0.25) is 10.1 Å². The molecule has 0 atom stereocenters. The number of hydrogen-bond acceptors (Lipinski definition) is 4. The molecule has 5 nitrogen and oxygen atoms in total. The van der Waals surface area contributed by atoms with Crippen LogP contribution in [-0.2, 0) is 0 Å². The molecule has 0 radical (unpaired) electrons. The third kappa shape index (κ3) is 2.39. The van der Waals surface area contributed by atoms with Crippen LogP contribution in [-0.4, -0.2) is 17.6 Å². The zero-order valence-corrected chi connectivity index (χ0v) is 10.9. The van der Waals surface area contributed by atoms with Gasteiger partial charge in [0, 0.05) is 5.54 Å². The van der Waals surface area contributed by atoms with Crippen LogP contribution in [0.5, 0.6) is 5.75 Å². The van der Waals surface area contributed by atoms with Crippen LogP contribution in [0.3, 0.4) is 0 Å². The van der Waals surface area contributed by atoms with Crippen molar-refractivity contribution in [3.8, 4) is 5.75 Å². The van der Waals surface area contributed by atoms with Crippen molar-refractivity contribution >= 4 is 11.4 Å². The second kappa shape index (κ2) is 4.48. The van der Waals surface area contributed by atoms with E-state index in [1.54, 1.807) is 18.2 Å². The summed E-state index contributed by atoms with van der Waals surface area (Å²) in [5.74, 6) is 0.875. The van der Waals surface area contributed by atoms with Crippen molar-refractivity contribution in [3.05, 3.63) is 28.3 Å². The van der Waals surface area contributed by atoms with Crippen molar-refractivity contribution < 1.29 is 9.66 Å². The molecule has 0 aromatic heterocycles. The monoisotopic (exact) mass is 250 g/mol. The zero-order valence-electron chi connectivity index (χ0n) is 10.9. The fraction of sp³-hybridized carbons (Fsp3) is 0.538. The van der Waals surface area contributed by atoms with Crippen molar-refractivity contribution in [2.75, 3.05) is 12.4 Å². The van der Waals surface area contributed by atoms with Gasteiger partial charge in [-0.2, -0.15) is 0 Å². The molecule has 1 N–H and O–H groups in total. The number of hydrogen-bond donors (Lipinski definition) is 1. The van der Waals surface area contributed by atoms with E-state index in [0.717, 1.165) is 0 Å². The number of methoxy groups -OCH3 is 1. The summed E-state index contributed by atoms with van der Waals surface area (Å²) in [4.78, 5) is 10.8. The van der Waals surface area contributed by atoms with Gasteiger partial charge in [0.15, 0.2) is 5.75 Å². The van der Waals surface area contributed by atoms with Gasteiger partial charge in [-0.15, -0.1) is 0 Å². The summed E-state index contributed by atoms with van der Waals surface area (Å²) in [7, 11) is 1.44. The van der Waals surface area contributed by atoms with Crippen LogP contribution in [0.15, 0.2) is 18.2 Å². The van der Waals surface area contributed by atoms with Gasteiger partial charge >= 0.3 is 5.69 Å². The lowest BCUT2D eigenvalue weighted by atomic mass is 9.98. The maximum atomic E-state index is 11.2. The molecule has 0 bridgehead atoms. The van der Waals surface area contributed by atoms with Crippen molar-refractivity contribution in [2.45, 2.75) is 32.2 Å². The average Bonchev–Trinajstić information content (AvgIpc) is 3.11. The Morgan fingerprint density at radius 3 is 2.61 bits per heavy atom. The number of para-hydroxylation sites is 1. The molecule has 1 aromatic carbocycles. The Bertz CT molecular complexity index is 467. The molecule has 0 spiro atoms. The number of rotatable bonds is 5. The van der Waals surface area contributed by atoms with Crippen molar-refractivity contribution in [1.82, 2.24) is 0 Å².